The first-order chi connectivity index (χ1) is 10.1. The van der Waals surface area contributed by atoms with Crippen molar-refractivity contribution >= 4 is 44.2 Å². The quantitative estimate of drug-likeness (QED) is 0.776. The molecule has 0 radical (unpaired) electrons. The molecule has 0 saturated carbocycles. The molecule has 106 valence electrons. The van der Waals surface area contributed by atoms with E-state index in [2.05, 4.69) is 10.3 Å². The van der Waals surface area contributed by atoms with E-state index in [1.54, 1.807) is 0 Å². The van der Waals surface area contributed by atoms with Gasteiger partial charge in [0.1, 0.15) is 0 Å². The molecular weight excluding hydrogens is 304 g/mol. The second kappa shape index (κ2) is 5.84. The van der Waals surface area contributed by atoms with Crippen molar-refractivity contribution in [1.82, 2.24) is 4.98 Å². The van der Waals surface area contributed by atoms with E-state index in [4.69, 9.17) is 11.6 Å². The minimum Gasteiger partial charge on any atom is -0.302 e. The van der Waals surface area contributed by atoms with Crippen LogP contribution in [0.1, 0.15) is 11.1 Å². The zero-order chi connectivity index (χ0) is 14.8. The molecule has 0 fully saturated rings. The summed E-state index contributed by atoms with van der Waals surface area (Å²) in [6, 6.07) is 13.4. The Balaban J connectivity index is 1.80. The minimum absolute atomic E-state index is 0.0750. The molecule has 0 spiro atoms. The Kier molecular flexibility index (Phi) is 3.90. The van der Waals surface area contributed by atoms with Crippen LogP contribution in [0.15, 0.2) is 42.5 Å². The molecule has 1 N–H and O–H groups in total. The number of hydrogen-bond acceptors (Lipinski definition) is 3. The first-order valence-electron chi connectivity index (χ1n) is 6.53. The molecular formula is C16H13ClN2OS. The highest BCUT2D eigenvalue weighted by Crippen LogP contribution is 2.33. The number of benzene rings is 2. The van der Waals surface area contributed by atoms with Crippen molar-refractivity contribution in [3.05, 3.63) is 58.6 Å². The number of nitrogens with zero attached hydrogens (tertiary/aromatic N) is 1. The van der Waals surface area contributed by atoms with Gasteiger partial charge in [-0.1, -0.05) is 59.3 Å². The van der Waals surface area contributed by atoms with Crippen molar-refractivity contribution in [3.63, 3.8) is 0 Å². The third-order valence-electron chi connectivity index (χ3n) is 3.15. The van der Waals surface area contributed by atoms with Gasteiger partial charge in [-0.3, -0.25) is 4.79 Å². The van der Waals surface area contributed by atoms with Crippen LogP contribution in [-0.2, 0) is 11.2 Å². The topological polar surface area (TPSA) is 42.0 Å². The normalized spacial score (nSPS) is 10.8. The van der Waals surface area contributed by atoms with E-state index in [0.29, 0.717) is 16.6 Å². The maximum absolute atomic E-state index is 12.1. The van der Waals surface area contributed by atoms with Crippen LogP contribution in [0.2, 0.25) is 5.02 Å². The molecule has 0 saturated heterocycles. The summed E-state index contributed by atoms with van der Waals surface area (Å²) in [5.41, 5.74) is 2.88. The van der Waals surface area contributed by atoms with E-state index >= 15 is 0 Å². The monoisotopic (exact) mass is 316 g/mol. The third kappa shape index (κ3) is 3.06. The summed E-state index contributed by atoms with van der Waals surface area (Å²) in [5, 5.41) is 4.09. The van der Waals surface area contributed by atoms with E-state index in [-0.39, 0.29) is 5.91 Å². The Morgan fingerprint density at radius 3 is 2.71 bits per heavy atom. The average molecular weight is 317 g/mol. The van der Waals surface area contributed by atoms with Gasteiger partial charge in [0, 0.05) is 0 Å². The van der Waals surface area contributed by atoms with Gasteiger partial charge in [-0.2, -0.15) is 0 Å². The van der Waals surface area contributed by atoms with Crippen molar-refractivity contribution in [2.24, 2.45) is 0 Å². The molecule has 0 aliphatic rings. The van der Waals surface area contributed by atoms with E-state index in [0.717, 1.165) is 21.3 Å². The second-order valence-corrected chi connectivity index (χ2v) is 6.18. The van der Waals surface area contributed by atoms with Crippen LogP contribution in [0.25, 0.3) is 10.2 Å². The number of aromatic nitrogens is 1. The van der Waals surface area contributed by atoms with Gasteiger partial charge >= 0.3 is 0 Å². The molecule has 3 rings (SSSR count). The van der Waals surface area contributed by atoms with Crippen molar-refractivity contribution in [1.29, 1.82) is 0 Å². The third-order valence-corrected chi connectivity index (χ3v) is 4.58. The molecule has 1 amide bonds. The van der Waals surface area contributed by atoms with Crippen LogP contribution in [0.4, 0.5) is 5.13 Å². The predicted octanol–water partition coefficient (Wildman–Crippen LogP) is 4.44. The number of aryl methyl sites for hydroxylation is 1. The Bertz CT molecular complexity index is 760. The number of anilines is 1. The van der Waals surface area contributed by atoms with Crippen molar-refractivity contribution in [2.75, 3.05) is 5.32 Å². The number of nitrogens with one attached hydrogen (secondary N) is 1. The first-order valence-corrected chi connectivity index (χ1v) is 7.72. The number of hydrogen-bond donors (Lipinski definition) is 1. The molecule has 3 aromatic rings. The zero-order valence-electron chi connectivity index (χ0n) is 11.4. The lowest BCUT2D eigenvalue weighted by Gasteiger charge is -2.01. The summed E-state index contributed by atoms with van der Waals surface area (Å²) in [4.78, 5) is 16.5. The van der Waals surface area contributed by atoms with E-state index in [1.807, 2.05) is 49.4 Å². The number of halogens is 1. The molecule has 0 aliphatic heterocycles. The van der Waals surface area contributed by atoms with Gasteiger partial charge in [-0.25, -0.2) is 4.98 Å². The molecule has 5 heteroatoms. The van der Waals surface area contributed by atoms with Crippen LogP contribution in [0, 0.1) is 6.92 Å². The summed E-state index contributed by atoms with van der Waals surface area (Å²) < 4.78 is 0.909. The van der Waals surface area contributed by atoms with Crippen LogP contribution in [-0.4, -0.2) is 10.9 Å². The van der Waals surface area contributed by atoms with Gasteiger partial charge in [0.25, 0.3) is 0 Å². The Hall–Kier alpha value is -1.91. The fourth-order valence-electron chi connectivity index (χ4n) is 2.10. The number of amides is 1. The first kappa shape index (κ1) is 14.0. The van der Waals surface area contributed by atoms with Crippen LogP contribution < -0.4 is 5.32 Å². The highest BCUT2D eigenvalue weighted by Gasteiger charge is 2.12. The van der Waals surface area contributed by atoms with E-state index in [1.165, 1.54) is 11.3 Å². The number of fused-ring (bicyclic) bond motifs is 1. The maximum atomic E-state index is 12.1. The number of carbonyl (C=O) groups is 1. The smallest absolute Gasteiger partial charge is 0.230 e. The number of thiazole rings is 1. The van der Waals surface area contributed by atoms with Gasteiger partial charge in [-0.15, -0.1) is 0 Å². The predicted molar refractivity (Wildman–Crippen MR) is 88.1 cm³/mol. The largest absolute Gasteiger partial charge is 0.302 e. The lowest BCUT2D eigenvalue weighted by Crippen LogP contribution is -2.14. The molecule has 0 aliphatic carbocycles. The fourth-order valence-corrected chi connectivity index (χ4v) is 3.33. The van der Waals surface area contributed by atoms with E-state index < -0.39 is 0 Å². The Labute approximate surface area is 131 Å². The molecule has 1 heterocycles. The van der Waals surface area contributed by atoms with E-state index in [9.17, 15) is 4.79 Å². The maximum Gasteiger partial charge on any atom is 0.230 e. The number of carbonyl (C=O) groups excluding carboxylic acids is 1. The van der Waals surface area contributed by atoms with Gasteiger partial charge in [0.2, 0.25) is 5.91 Å². The summed E-state index contributed by atoms with van der Waals surface area (Å²) in [6.45, 7) is 1.98. The number of rotatable bonds is 3. The highest BCUT2D eigenvalue weighted by atomic mass is 35.5. The average Bonchev–Trinajstić information content (AvgIpc) is 2.89. The van der Waals surface area contributed by atoms with Crippen molar-refractivity contribution < 1.29 is 4.79 Å². The fraction of sp³-hybridized carbons (Fsp3) is 0.125. The zero-order valence-corrected chi connectivity index (χ0v) is 13.0. The Morgan fingerprint density at radius 1 is 1.24 bits per heavy atom. The minimum atomic E-state index is -0.0750. The lowest BCUT2D eigenvalue weighted by atomic mass is 10.1. The molecule has 0 bridgehead atoms. The SMILES string of the molecule is Cc1ccc(Cl)c2sc(NC(=O)Cc3ccccc3)nc12. The van der Waals surface area contributed by atoms with Gasteiger partial charge in [0.15, 0.2) is 5.13 Å². The lowest BCUT2D eigenvalue weighted by molar-refractivity contribution is -0.115. The van der Waals surface area contributed by atoms with Crippen LogP contribution in [0.5, 0.6) is 0 Å². The van der Waals surface area contributed by atoms with Gasteiger partial charge in [-0.05, 0) is 24.1 Å². The van der Waals surface area contributed by atoms with Crippen LogP contribution in [0.3, 0.4) is 0 Å². The molecule has 3 nitrogen and oxygen atoms in total. The van der Waals surface area contributed by atoms with Crippen molar-refractivity contribution in [2.45, 2.75) is 13.3 Å². The van der Waals surface area contributed by atoms with Gasteiger partial charge in [0.05, 0.1) is 21.7 Å². The molecule has 1 aromatic heterocycles. The van der Waals surface area contributed by atoms with Gasteiger partial charge < -0.3 is 5.32 Å². The molecule has 0 atom stereocenters. The summed E-state index contributed by atoms with van der Waals surface area (Å²) in [7, 11) is 0. The highest BCUT2D eigenvalue weighted by molar-refractivity contribution is 7.23. The second-order valence-electron chi connectivity index (χ2n) is 4.77. The summed E-state index contributed by atoms with van der Waals surface area (Å²) >= 11 is 7.57. The summed E-state index contributed by atoms with van der Waals surface area (Å²) in [5.74, 6) is -0.0750. The molecule has 2 aromatic carbocycles. The van der Waals surface area contributed by atoms with Crippen LogP contribution >= 0.6 is 22.9 Å². The van der Waals surface area contributed by atoms with Crippen molar-refractivity contribution in [3.8, 4) is 0 Å². The molecule has 0 unspecified atom stereocenters. The molecule has 21 heavy (non-hydrogen) atoms. The summed E-state index contributed by atoms with van der Waals surface area (Å²) in [6.07, 6.45) is 0.337. The standard InChI is InChI=1S/C16H13ClN2OS/c1-10-7-8-12(17)15-14(10)19-16(21-15)18-13(20)9-11-5-3-2-4-6-11/h2-8H,9H2,1H3,(H,18,19,20). The Morgan fingerprint density at radius 2 is 2.00 bits per heavy atom.